The van der Waals surface area contributed by atoms with Gasteiger partial charge in [-0.05, 0) is 12.8 Å². The molecule has 8 heteroatoms. The number of aromatic nitrogens is 2. The van der Waals surface area contributed by atoms with E-state index in [2.05, 4.69) is 9.97 Å². The van der Waals surface area contributed by atoms with Crippen molar-refractivity contribution in [2.75, 3.05) is 7.05 Å². The Labute approximate surface area is 118 Å². The first-order chi connectivity index (χ1) is 9.23. The lowest BCUT2D eigenvalue weighted by Gasteiger charge is -2.37. The van der Waals surface area contributed by atoms with E-state index >= 15 is 0 Å². The highest BCUT2D eigenvalue weighted by Gasteiger charge is 2.41. The van der Waals surface area contributed by atoms with Crippen molar-refractivity contribution in [3.8, 4) is 0 Å². The van der Waals surface area contributed by atoms with E-state index in [4.69, 9.17) is 5.11 Å². The number of hydrogen-bond donors (Lipinski definition) is 2. The van der Waals surface area contributed by atoms with Crippen molar-refractivity contribution in [1.82, 2.24) is 14.3 Å². The maximum absolute atomic E-state index is 12.4. The third-order valence-electron chi connectivity index (χ3n) is 3.75. The molecule has 0 atom stereocenters. The Balaban J connectivity index is 2.12. The van der Waals surface area contributed by atoms with Gasteiger partial charge in [-0.25, -0.2) is 13.4 Å². The fourth-order valence-corrected chi connectivity index (χ4v) is 3.48. The van der Waals surface area contributed by atoms with Crippen LogP contribution in [0.4, 0.5) is 0 Å². The summed E-state index contributed by atoms with van der Waals surface area (Å²) in [6, 6.07) is -0.258. The second kappa shape index (κ2) is 5.17. The van der Waals surface area contributed by atoms with Gasteiger partial charge in [0.15, 0.2) is 5.03 Å². The lowest BCUT2D eigenvalue weighted by atomic mass is 9.80. The lowest BCUT2D eigenvalue weighted by Crippen LogP contribution is -2.47. The van der Waals surface area contributed by atoms with Crippen LogP contribution in [0.15, 0.2) is 11.2 Å². The van der Waals surface area contributed by atoms with Gasteiger partial charge in [0, 0.05) is 19.0 Å². The van der Waals surface area contributed by atoms with Gasteiger partial charge in [-0.1, -0.05) is 13.8 Å². The average molecular weight is 301 g/mol. The van der Waals surface area contributed by atoms with Crippen LogP contribution < -0.4 is 0 Å². The van der Waals surface area contributed by atoms with Crippen molar-refractivity contribution in [3.05, 3.63) is 12.0 Å². The van der Waals surface area contributed by atoms with Crippen LogP contribution in [0.25, 0.3) is 0 Å². The first-order valence-electron chi connectivity index (χ1n) is 6.49. The molecule has 0 saturated heterocycles. The number of rotatable bonds is 5. The van der Waals surface area contributed by atoms with E-state index in [0.717, 1.165) is 0 Å². The van der Waals surface area contributed by atoms with Crippen LogP contribution in [0.2, 0.25) is 0 Å². The van der Waals surface area contributed by atoms with Crippen LogP contribution in [-0.2, 0) is 14.8 Å². The number of sulfonamides is 1. The van der Waals surface area contributed by atoms with E-state index < -0.39 is 21.9 Å². The molecule has 0 spiro atoms. The van der Waals surface area contributed by atoms with E-state index in [9.17, 15) is 13.2 Å². The molecule has 0 aliphatic heterocycles. The second-order valence-corrected chi connectivity index (χ2v) is 7.43. The molecule has 1 heterocycles. The van der Waals surface area contributed by atoms with Crippen molar-refractivity contribution >= 4 is 16.0 Å². The highest BCUT2D eigenvalue weighted by Crippen LogP contribution is 2.33. The molecule has 1 aliphatic rings. The first-order valence-corrected chi connectivity index (χ1v) is 7.93. The summed E-state index contributed by atoms with van der Waals surface area (Å²) in [5.41, 5.74) is 0. The summed E-state index contributed by atoms with van der Waals surface area (Å²) in [5, 5.41) is 8.89. The number of nitrogens with zero attached hydrogens (tertiary/aromatic N) is 2. The molecular weight excluding hydrogens is 282 g/mol. The maximum Gasteiger partial charge on any atom is 0.306 e. The number of carboxylic acid groups (broad SMARTS) is 1. The summed E-state index contributed by atoms with van der Waals surface area (Å²) in [6.45, 7) is 3.84. The molecule has 0 unspecified atom stereocenters. The fraction of sp³-hybridized carbons (Fsp3) is 0.667. The molecule has 1 aromatic rings. The Hall–Kier alpha value is -1.41. The number of hydrogen-bond acceptors (Lipinski definition) is 4. The van der Waals surface area contributed by atoms with E-state index in [0.29, 0.717) is 18.7 Å². The quantitative estimate of drug-likeness (QED) is 0.845. The molecule has 1 fully saturated rings. The molecule has 0 radical (unpaired) electrons. The van der Waals surface area contributed by atoms with E-state index in [1.165, 1.54) is 17.5 Å². The Bertz CT molecular complexity index is 602. The Morgan fingerprint density at radius 2 is 2.10 bits per heavy atom. The molecule has 20 heavy (non-hydrogen) atoms. The molecule has 7 nitrogen and oxygen atoms in total. The molecule has 0 bridgehead atoms. The van der Waals surface area contributed by atoms with Crippen LogP contribution in [0, 0.1) is 5.92 Å². The van der Waals surface area contributed by atoms with Gasteiger partial charge in [-0.3, -0.25) is 4.79 Å². The summed E-state index contributed by atoms with van der Waals surface area (Å²) in [4.78, 5) is 17.6. The molecule has 2 rings (SSSR count). The van der Waals surface area contributed by atoms with Gasteiger partial charge in [0.25, 0.3) is 10.0 Å². The van der Waals surface area contributed by atoms with E-state index in [1.807, 2.05) is 13.8 Å². The second-order valence-electron chi connectivity index (χ2n) is 5.47. The highest BCUT2D eigenvalue weighted by atomic mass is 32.2. The van der Waals surface area contributed by atoms with Gasteiger partial charge in [0.2, 0.25) is 0 Å². The molecule has 1 aromatic heterocycles. The number of nitrogens with one attached hydrogen (secondary N) is 1. The topological polar surface area (TPSA) is 103 Å². The zero-order valence-corrected chi connectivity index (χ0v) is 12.5. The fourth-order valence-electron chi connectivity index (χ4n) is 2.18. The maximum atomic E-state index is 12.4. The van der Waals surface area contributed by atoms with E-state index in [-0.39, 0.29) is 17.0 Å². The lowest BCUT2D eigenvalue weighted by molar-refractivity contribution is -0.146. The summed E-state index contributed by atoms with van der Waals surface area (Å²) >= 11 is 0. The molecule has 0 aromatic carbocycles. The third-order valence-corrected chi connectivity index (χ3v) is 5.57. The minimum Gasteiger partial charge on any atom is -0.481 e. The van der Waals surface area contributed by atoms with Crippen molar-refractivity contribution < 1.29 is 18.3 Å². The minimum absolute atomic E-state index is 0.0578. The third kappa shape index (κ3) is 2.57. The average Bonchev–Trinajstić information content (AvgIpc) is 2.75. The van der Waals surface area contributed by atoms with Crippen molar-refractivity contribution in [1.29, 1.82) is 0 Å². The van der Waals surface area contributed by atoms with Crippen LogP contribution in [0.5, 0.6) is 0 Å². The van der Waals surface area contributed by atoms with Crippen LogP contribution in [0.1, 0.15) is 38.4 Å². The monoisotopic (exact) mass is 301 g/mol. The first kappa shape index (κ1) is 15.0. The smallest absolute Gasteiger partial charge is 0.306 e. The largest absolute Gasteiger partial charge is 0.481 e. The SMILES string of the molecule is CC(C)c1ncc(S(=O)(=O)N(C)C2CC(C(=O)O)C2)[nH]1. The summed E-state index contributed by atoms with van der Waals surface area (Å²) < 4.78 is 26.0. The van der Waals surface area contributed by atoms with Gasteiger partial charge < -0.3 is 10.1 Å². The molecule has 0 amide bonds. The summed E-state index contributed by atoms with van der Waals surface area (Å²) in [6.07, 6.45) is 2.03. The van der Waals surface area contributed by atoms with Crippen LogP contribution in [0.3, 0.4) is 0 Å². The molecule has 2 N–H and O–H groups in total. The van der Waals surface area contributed by atoms with Crippen molar-refractivity contribution in [2.45, 2.75) is 43.7 Å². The number of imidazole rings is 1. The number of aliphatic carboxylic acids is 1. The van der Waals surface area contributed by atoms with Crippen LogP contribution >= 0.6 is 0 Å². The summed E-state index contributed by atoms with van der Waals surface area (Å²) in [7, 11) is -2.16. The molecule has 112 valence electrons. The Morgan fingerprint density at radius 1 is 1.50 bits per heavy atom. The number of H-pyrrole nitrogens is 1. The molecule has 1 aliphatic carbocycles. The van der Waals surface area contributed by atoms with Gasteiger partial charge in [-0.15, -0.1) is 0 Å². The van der Waals surface area contributed by atoms with Crippen molar-refractivity contribution in [3.63, 3.8) is 0 Å². The van der Waals surface area contributed by atoms with Crippen molar-refractivity contribution in [2.24, 2.45) is 5.92 Å². The van der Waals surface area contributed by atoms with Crippen LogP contribution in [-0.4, -0.2) is 46.9 Å². The zero-order chi connectivity index (χ0) is 15.1. The molecular formula is C12H19N3O4S. The normalized spacial score (nSPS) is 23.1. The highest BCUT2D eigenvalue weighted by molar-refractivity contribution is 7.89. The van der Waals surface area contributed by atoms with Gasteiger partial charge in [0.1, 0.15) is 5.82 Å². The minimum atomic E-state index is -3.64. The number of carboxylic acids is 1. The number of carbonyl (C=O) groups is 1. The zero-order valence-electron chi connectivity index (χ0n) is 11.7. The van der Waals surface area contributed by atoms with Gasteiger partial charge in [-0.2, -0.15) is 4.31 Å². The Morgan fingerprint density at radius 3 is 2.55 bits per heavy atom. The molecule has 1 saturated carbocycles. The predicted molar refractivity (Wildman–Crippen MR) is 71.8 cm³/mol. The standard InChI is InChI=1S/C12H19N3O4S/c1-7(2)11-13-6-10(14-11)20(18,19)15(3)9-4-8(5-9)12(16)17/h6-9H,4-5H2,1-3H3,(H,13,14)(H,16,17). The predicted octanol–water partition coefficient (Wildman–Crippen LogP) is 1.02. The van der Waals surface area contributed by atoms with E-state index in [1.54, 1.807) is 0 Å². The van der Waals surface area contributed by atoms with Gasteiger partial charge >= 0.3 is 5.97 Å². The van der Waals surface area contributed by atoms with Gasteiger partial charge in [0.05, 0.1) is 12.1 Å². The Kier molecular flexibility index (Phi) is 3.88. The summed E-state index contributed by atoms with van der Waals surface area (Å²) in [5.74, 6) is -0.570. The number of aromatic amines is 1.